The average Bonchev–Trinajstić information content (AvgIpc) is 2.90. The van der Waals surface area contributed by atoms with E-state index < -0.39 is 17.8 Å². The smallest absolute Gasteiger partial charge is 0.165 e. The lowest BCUT2D eigenvalue weighted by atomic mass is 9.78. The summed E-state index contributed by atoms with van der Waals surface area (Å²) in [5.74, 6) is 0.540. The van der Waals surface area contributed by atoms with Crippen molar-refractivity contribution in [3.05, 3.63) is 60.7 Å². The summed E-state index contributed by atoms with van der Waals surface area (Å²) in [6.07, 6.45) is 13.5. The zero-order valence-electron chi connectivity index (χ0n) is 22.3. The van der Waals surface area contributed by atoms with E-state index in [0.717, 1.165) is 57.3 Å². The van der Waals surface area contributed by atoms with Crippen molar-refractivity contribution < 1.29 is 22.6 Å². The van der Waals surface area contributed by atoms with Crippen molar-refractivity contribution in [2.24, 2.45) is 11.8 Å². The van der Waals surface area contributed by atoms with Crippen molar-refractivity contribution in [1.29, 1.82) is 0 Å². The number of unbranched alkanes of at least 4 members (excludes halogenated alkanes) is 4. The number of rotatable bonds is 16. The summed E-state index contributed by atoms with van der Waals surface area (Å²) in [7, 11) is 0. The summed E-state index contributed by atoms with van der Waals surface area (Å²) in [6.45, 7) is 6.33. The van der Waals surface area contributed by atoms with Gasteiger partial charge in [-0.2, -0.15) is 0 Å². The molecule has 0 N–H and O–H groups in total. The van der Waals surface area contributed by atoms with E-state index >= 15 is 0 Å². The van der Waals surface area contributed by atoms with Crippen molar-refractivity contribution in [2.75, 3.05) is 13.2 Å². The Balaban J connectivity index is 1.45. The first-order chi connectivity index (χ1) is 18.0. The van der Waals surface area contributed by atoms with Crippen LogP contribution in [0.2, 0.25) is 0 Å². The number of halogens is 3. The van der Waals surface area contributed by atoms with Crippen molar-refractivity contribution in [3.63, 3.8) is 0 Å². The van der Waals surface area contributed by atoms with E-state index in [0.29, 0.717) is 24.5 Å². The lowest BCUT2D eigenvalue weighted by Gasteiger charge is -2.29. The second kappa shape index (κ2) is 15.7. The maximum Gasteiger partial charge on any atom is 0.165 e. The topological polar surface area (TPSA) is 18.5 Å². The van der Waals surface area contributed by atoms with Crippen LogP contribution in [0.5, 0.6) is 11.5 Å². The first-order valence-electron chi connectivity index (χ1n) is 14.1. The molecule has 5 heteroatoms. The molecule has 204 valence electrons. The minimum atomic E-state index is -1.08. The molecule has 1 fully saturated rings. The van der Waals surface area contributed by atoms with Crippen LogP contribution in [0.4, 0.5) is 13.2 Å². The van der Waals surface area contributed by atoms with Crippen LogP contribution in [0.3, 0.4) is 0 Å². The zero-order valence-corrected chi connectivity index (χ0v) is 22.3. The summed E-state index contributed by atoms with van der Waals surface area (Å²) in [4.78, 5) is 0. The van der Waals surface area contributed by atoms with Crippen LogP contribution in [-0.2, 0) is 0 Å². The molecule has 0 bridgehead atoms. The number of ether oxygens (including phenoxy) is 2. The van der Waals surface area contributed by atoms with Gasteiger partial charge in [-0.1, -0.05) is 70.4 Å². The predicted octanol–water partition coefficient (Wildman–Crippen LogP) is 9.86. The standard InChI is InChI=1S/C32H43F3O2/c1-3-5-7-8-9-19-36-32-18-15-26(21-31(32)35)29-17-16-28(22-30(29)34)37-23-27(33)20-25-13-11-24(12-14-25)10-6-4-2/h4,15-18,21-22,24-25,27H,2-3,5-14,19-20,23H2,1H3. The molecule has 2 nitrogen and oxygen atoms in total. The van der Waals surface area contributed by atoms with Gasteiger partial charge in [0.05, 0.1) is 6.61 Å². The first kappa shape index (κ1) is 29.1. The molecule has 0 saturated heterocycles. The summed E-state index contributed by atoms with van der Waals surface area (Å²) >= 11 is 0. The van der Waals surface area contributed by atoms with Gasteiger partial charge in [0.25, 0.3) is 0 Å². The van der Waals surface area contributed by atoms with E-state index in [1.807, 2.05) is 6.08 Å². The molecule has 1 unspecified atom stereocenters. The van der Waals surface area contributed by atoms with E-state index in [1.165, 1.54) is 31.4 Å². The Morgan fingerprint density at radius 3 is 2.38 bits per heavy atom. The van der Waals surface area contributed by atoms with Gasteiger partial charge in [0, 0.05) is 11.6 Å². The molecule has 0 aliphatic heterocycles. The first-order valence-corrected chi connectivity index (χ1v) is 14.1. The average molecular weight is 517 g/mol. The highest BCUT2D eigenvalue weighted by Gasteiger charge is 2.24. The van der Waals surface area contributed by atoms with Gasteiger partial charge >= 0.3 is 0 Å². The van der Waals surface area contributed by atoms with E-state index in [-0.39, 0.29) is 23.7 Å². The van der Waals surface area contributed by atoms with E-state index in [1.54, 1.807) is 24.3 Å². The quantitative estimate of drug-likeness (QED) is 0.163. The summed E-state index contributed by atoms with van der Waals surface area (Å²) in [5, 5.41) is 0. The van der Waals surface area contributed by atoms with Crippen LogP contribution in [0.15, 0.2) is 49.1 Å². The molecule has 3 rings (SSSR count). The molecule has 1 atom stereocenters. The van der Waals surface area contributed by atoms with Crippen LogP contribution in [0.25, 0.3) is 11.1 Å². The Kier molecular flexibility index (Phi) is 12.4. The maximum absolute atomic E-state index is 14.8. The van der Waals surface area contributed by atoms with Gasteiger partial charge in [-0.15, -0.1) is 6.58 Å². The SMILES string of the molecule is C=CCCC1CCC(CC(F)COc2ccc(-c3ccc(OCCCCCCC)c(F)c3)c(F)c2)CC1. The van der Waals surface area contributed by atoms with Gasteiger partial charge in [-0.05, 0) is 67.3 Å². The number of alkyl halides is 1. The molecule has 1 saturated carbocycles. The second-order valence-corrected chi connectivity index (χ2v) is 10.4. The minimum absolute atomic E-state index is 0.0890. The van der Waals surface area contributed by atoms with Crippen molar-refractivity contribution >= 4 is 0 Å². The molecular formula is C32H43F3O2. The molecular weight excluding hydrogens is 473 g/mol. The predicted molar refractivity (Wildman–Crippen MR) is 146 cm³/mol. The third-order valence-corrected chi connectivity index (χ3v) is 7.45. The normalized spacial score (nSPS) is 18.4. The van der Waals surface area contributed by atoms with Gasteiger partial charge in [-0.3, -0.25) is 0 Å². The molecule has 0 radical (unpaired) electrons. The van der Waals surface area contributed by atoms with Gasteiger partial charge < -0.3 is 9.47 Å². The third-order valence-electron chi connectivity index (χ3n) is 7.45. The Morgan fingerprint density at radius 1 is 0.919 bits per heavy atom. The maximum atomic E-state index is 14.8. The monoisotopic (exact) mass is 516 g/mol. The Labute approximate surface area is 221 Å². The molecule has 0 spiro atoms. The molecule has 37 heavy (non-hydrogen) atoms. The van der Waals surface area contributed by atoms with Gasteiger partial charge in [-0.25, -0.2) is 13.2 Å². The van der Waals surface area contributed by atoms with E-state index in [9.17, 15) is 13.2 Å². The Hall–Kier alpha value is -2.43. The largest absolute Gasteiger partial charge is 0.491 e. The molecule has 2 aromatic rings. The molecule has 2 aromatic carbocycles. The molecule has 0 heterocycles. The highest BCUT2D eigenvalue weighted by molar-refractivity contribution is 5.66. The van der Waals surface area contributed by atoms with Gasteiger partial charge in [0.2, 0.25) is 0 Å². The van der Waals surface area contributed by atoms with Crippen LogP contribution in [-0.4, -0.2) is 19.4 Å². The van der Waals surface area contributed by atoms with Gasteiger partial charge in [0.15, 0.2) is 11.6 Å². The van der Waals surface area contributed by atoms with Crippen LogP contribution in [0, 0.1) is 23.5 Å². The van der Waals surface area contributed by atoms with Crippen LogP contribution in [0.1, 0.15) is 84.0 Å². The minimum Gasteiger partial charge on any atom is -0.491 e. The summed E-state index contributed by atoms with van der Waals surface area (Å²) in [6, 6.07) is 8.87. The van der Waals surface area contributed by atoms with Gasteiger partial charge in [0.1, 0.15) is 24.3 Å². The van der Waals surface area contributed by atoms with E-state index in [4.69, 9.17) is 9.47 Å². The van der Waals surface area contributed by atoms with Crippen molar-refractivity contribution in [2.45, 2.75) is 90.1 Å². The molecule has 0 aromatic heterocycles. The van der Waals surface area contributed by atoms with Crippen LogP contribution < -0.4 is 9.47 Å². The lowest BCUT2D eigenvalue weighted by molar-refractivity contribution is 0.145. The zero-order chi connectivity index (χ0) is 26.5. The highest BCUT2D eigenvalue weighted by atomic mass is 19.1. The summed E-state index contributed by atoms with van der Waals surface area (Å²) in [5.41, 5.74) is 0.686. The second-order valence-electron chi connectivity index (χ2n) is 10.4. The molecule has 1 aliphatic carbocycles. The fourth-order valence-corrected chi connectivity index (χ4v) is 5.22. The number of hydrogen-bond acceptors (Lipinski definition) is 2. The Morgan fingerprint density at radius 2 is 1.68 bits per heavy atom. The number of benzene rings is 2. The lowest BCUT2D eigenvalue weighted by Crippen LogP contribution is -2.21. The van der Waals surface area contributed by atoms with E-state index in [2.05, 4.69) is 13.5 Å². The molecule has 1 aliphatic rings. The van der Waals surface area contributed by atoms with Crippen molar-refractivity contribution in [3.8, 4) is 22.6 Å². The molecule has 0 amide bonds. The Bertz CT molecular complexity index is 953. The number of allylic oxidation sites excluding steroid dienone is 1. The third kappa shape index (κ3) is 9.75. The number of hydrogen-bond donors (Lipinski definition) is 0. The fraction of sp³-hybridized carbons (Fsp3) is 0.562. The van der Waals surface area contributed by atoms with Crippen LogP contribution >= 0.6 is 0 Å². The fourth-order valence-electron chi connectivity index (χ4n) is 5.22. The van der Waals surface area contributed by atoms with Crippen molar-refractivity contribution in [1.82, 2.24) is 0 Å². The highest BCUT2D eigenvalue weighted by Crippen LogP contribution is 2.35. The summed E-state index contributed by atoms with van der Waals surface area (Å²) < 4.78 is 55.0.